The van der Waals surface area contributed by atoms with Crippen LogP contribution in [0.25, 0.3) is 0 Å². The predicted octanol–water partition coefficient (Wildman–Crippen LogP) is -3.64. The Morgan fingerprint density at radius 3 is 0.857 bits per heavy atom. The molecule has 0 amide bonds. The van der Waals surface area contributed by atoms with E-state index >= 15 is 0 Å². The third-order valence-corrected chi connectivity index (χ3v) is 0. The van der Waals surface area contributed by atoms with E-state index < -0.39 is 9.05 Å². The van der Waals surface area contributed by atoms with E-state index in [1.165, 1.54) is 0 Å². The summed E-state index contributed by atoms with van der Waals surface area (Å²) in [6.45, 7) is 0. The van der Waals surface area contributed by atoms with Crippen molar-refractivity contribution in [3.8, 4) is 0 Å². The zero-order chi connectivity index (χ0) is 4.50. The summed E-state index contributed by atoms with van der Waals surface area (Å²) in [5, 5.41) is 0. The van der Waals surface area contributed by atoms with Crippen LogP contribution in [0.1, 0.15) is 0 Å². The normalized spacial score (nSPS) is 8.57. The van der Waals surface area contributed by atoms with Crippen molar-refractivity contribution in [3.63, 3.8) is 0 Å². The first kappa shape index (κ1) is 16.3. The molecule has 0 fully saturated rings. The molecular formula is H5KO4PbSi. The maximum Gasteiger partial charge on any atom is 0 e. The fourth-order valence-electron chi connectivity index (χ4n) is 0. The fraction of sp³-hybridized carbons (Fsp3) is 0. The number of rotatable bonds is 0. The quantitative estimate of drug-likeness (QED) is 0.342. The Morgan fingerprint density at radius 2 is 0.857 bits per heavy atom. The van der Waals surface area contributed by atoms with E-state index in [1.807, 2.05) is 0 Å². The Bertz CT molecular complexity index is 27.2. The molecule has 7 heavy (non-hydrogen) atoms. The molecule has 0 aliphatic heterocycles. The van der Waals surface area contributed by atoms with Crippen molar-refractivity contribution >= 4 is 87.7 Å². The van der Waals surface area contributed by atoms with Gasteiger partial charge in [-0.3, -0.25) is 0 Å². The Balaban J connectivity index is -0.0000000800. The van der Waals surface area contributed by atoms with Crippen molar-refractivity contribution in [2.45, 2.75) is 0 Å². The molecule has 4 N–H and O–H groups in total. The smallest absolute Gasteiger partial charge is 0 e. The van der Waals surface area contributed by atoms with Gasteiger partial charge in [-0.2, -0.15) is 0 Å². The third-order valence-electron chi connectivity index (χ3n) is 0. The SMILES string of the molecule is O[Si](O)(O)O.[KH].[Pb]. The molecule has 4 radical (unpaired) electrons. The van der Waals surface area contributed by atoms with E-state index in [4.69, 9.17) is 19.2 Å². The van der Waals surface area contributed by atoms with Gasteiger partial charge in [-0.25, -0.2) is 0 Å². The van der Waals surface area contributed by atoms with Crippen LogP contribution in [0.4, 0.5) is 0 Å². The molecule has 0 rings (SSSR count). The van der Waals surface area contributed by atoms with Gasteiger partial charge >= 0.3 is 60.4 Å². The molecule has 0 bridgehead atoms. The summed E-state index contributed by atoms with van der Waals surface area (Å²) < 4.78 is 0. The van der Waals surface area contributed by atoms with Gasteiger partial charge in [0.05, 0.1) is 0 Å². The van der Waals surface area contributed by atoms with E-state index in [0.29, 0.717) is 0 Å². The minimum Gasteiger partial charge on any atom is 0 e. The van der Waals surface area contributed by atoms with Crippen LogP contribution in [-0.2, 0) is 0 Å². The molecule has 0 unspecified atom stereocenters. The first-order valence-electron chi connectivity index (χ1n) is 0.894. The van der Waals surface area contributed by atoms with E-state index in [1.54, 1.807) is 0 Å². The third kappa shape index (κ3) is 55.1. The van der Waals surface area contributed by atoms with Crippen LogP contribution < -0.4 is 0 Å². The summed E-state index contributed by atoms with van der Waals surface area (Å²) in [6, 6.07) is 0. The first-order chi connectivity index (χ1) is 2.00. The zero-order valence-electron chi connectivity index (χ0n) is 2.79. The van der Waals surface area contributed by atoms with Crippen LogP contribution in [0.5, 0.6) is 0 Å². The molecule has 0 aromatic heterocycles. The topological polar surface area (TPSA) is 80.9 Å². The molecule has 0 saturated heterocycles. The van der Waals surface area contributed by atoms with E-state index in [0.717, 1.165) is 0 Å². The Kier molecular flexibility index (Phi) is 15.7. The van der Waals surface area contributed by atoms with Gasteiger partial charge in [-0.05, 0) is 0 Å². The minimum atomic E-state index is -4.61. The maximum atomic E-state index is 7.33. The van der Waals surface area contributed by atoms with Crippen LogP contribution in [0.3, 0.4) is 0 Å². The van der Waals surface area contributed by atoms with Gasteiger partial charge in [0, 0.05) is 27.3 Å². The average molecular weight is 343 g/mol. The van der Waals surface area contributed by atoms with Crippen LogP contribution in [0, 0.1) is 0 Å². The zero-order valence-corrected chi connectivity index (χ0v) is 7.68. The average Bonchev–Trinajstić information content (AvgIpc) is 0.722. The second kappa shape index (κ2) is 6.73. The van der Waals surface area contributed by atoms with Crippen molar-refractivity contribution in [1.82, 2.24) is 0 Å². The van der Waals surface area contributed by atoms with Gasteiger partial charge in [0.25, 0.3) is 0 Å². The Labute approximate surface area is 105 Å². The minimum absolute atomic E-state index is 0. The summed E-state index contributed by atoms with van der Waals surface area (Å²) in [4.78, 5) is 29.3. The van der Waals surface area contributed by atoms with Crippen molar-refractivity contribution in [3.05, 3.63) is 0 Å². The van der Waals surface area contributed by atoms with Crippen LogP contribution >= 0.6 is 0 Å². The number of hydrogen-bond donors (Lipinski definition) is 4. The molecule has 0 atom stereocenters. The van der Waals surface area contributed by atoms with Crippen LogP contribution in [0.2, 0.25) is 0 Å². The summed E-state index contributed by atoms with van der Waals surface area (Å²) >= 11 is 0. The van der Waals surface area contributed by atoms with Crippen molar-refractivity contribution in [1.29, 1.82) is 0 Å². The van der Waals surface area contributed by atoms with E-state index in [-0.39, 0.29) is 78.7 Å². The Hall–Kier alpha value is 2.62. The van der Waals surface area contributed by atoms with Gasteiger partial charge in [-0.15, -0.1) is 0 Å². The molecular weight excluding hydrogens is 338 g/mol. The van der Waals surface area contributed by atoms with Gasteiger partial charge < -0.3 is 19.2 Å². The predicted molar refractivity (Wildman–Crippen MR) is 27.5 cm³/mol. The van der Waals surface area contributed by atoms with Crippen LogP contribution in [-0.4, -0.2) is 107 Å². The standard InChI is InChI=1S/K.H4O4Si.Pb.H/c;1-5(2,3)4;;/h;1-4H;;. The van der Waals surface area contributed by atoms with Crippen LogP contribution in [0.15, 0.2) is 0 Å². The molecule has 0 aromatic carbocycles. The fourth-order valence-corrected chi connectivity index (χ4v) is 0. The monoisotopic (exact) mass is 344 g/mol. The van der Waals surface area contributed by atoms with Gasteiger partial charge in [0.15, 0.2) is 0 Å². The second-order valence-electron chi connectivity index (χ2n) is 0.600. The Morgan fingerprint density at radius 1 is 0.857 bits per heavy atom. The molecule has 0 saturated carbocycles. The summed E-state index contributed by atoms with van der Waals surface area (Å²) in [5.41, 5.74) is 0. The molecule has 0 spiro atoms. The molecule has 38 valence electrons. The first-order valence-corrected chi connectivity index (χ1v) is 2.68. The summed E-state index contributed by atoms with van der Waals surface area (Å²) in [6.07, 6.45) is 0. The number of hydrogen-bond acceptors (Lipinski definition) is 4. The molecule has 4 nitrogen and oxygen atoms in total. The summed E-state index contributed by atoms with van der Waals surface area (Å²) in [5.74, 6) is 0. The summed E-state index contributed by atoms with van der Waals surface area (Å²) in [7, 11) is -4.61. The van der Waals surface area contributed by atoms with Gasteiger partial charge in [0.1, 0.15) is 0 Å². The van der Waals surface area contributed by atoms with Gasteiger partial charge in [-0.1, -0.05) is 0 Å². The van der Waals surface area contributed by atoms with Gasteiger partial charge in [0.2, 0.25) is 0 Å². The molecule has 7 heteroatoms. The molecule has 0 aliphatic carbocycles. The molecule has 0 heterocycles. The maximum absolute atomic E-state index is 7.33. The van der Waals surface area contributed by atoms with Crippen molar-refractivity contribution < 1.29 is 19.2 Å². The largest absolute Gasteiger partial charge is 0 e. The van der Waals surface area contributed by atoms with Crippen molar-refractivity contribution in [2.75, 3.05) is 0 Å². The van der Waals surface area contributed by atoms with E-state index in [9.17, 15) is 0 Å². The second-order valence-corrected chi connectivity index (χ2v) is 1.80. The molecule has 0 aromatic rings. The van der Waals surface area contributed by atoms with E-state index in [2.05, 4.69) is 0 Å². The molecule has 0 aliphatic rings. The van der Waals surface area contributed by atoms with Crippen molar-refractivity contribution in [2.24, 2.45) is 0 Å².